The number of benzene rings is 2. The Morgan fingerprint density at radius 1 is 1.21 bits per heavy atom. The quantitative estimate of drug-likeness (QED) is 0.872. The minimum Gasteiger partial charge on any atom is -0.384 e. The molecular formula is C16H14BrNO. The number of ketones is 1. The molecule has 1 aliphatic rings. The van der Waals surface area contributed by atoms with Crippen molar-refractivity contribution in [2.45, 2.75) is 12.8 Å². The van der Waals surface area contributed by atoms with Crippen molar-refractivity contribution in [3.63, 3.8) is 0 Å². The largest absolute Gasteiger partial charge is 0.384 e. The second-order valence-electron chi connectivity index (χ2n) is 4.74. The summed E-state index contributed by atoms with van der Waals surface area (Å²) in [5.41, 5.74) is 4.22. The molecule has 0 bridgehead atoms. The van der Waals surface area contributed by atoms with E-state index in [1.807, 2.05) is 36.4 Å². The molecule has 2 nitrogen and oxygen atoms in total. The summed E-state index contributed by atoms with van der Waals surface area (Å²) in [5.74, 6) is 0.156. The Hall–Kier alpha value is -1.61. The lowest BCUT2D eigenvalue weighted by molar-refractivity contribution is 0.0993. The van der Waals surface area contributed by atoms with Crippen LogP contribution in [0.2, 0.25) is 0 Å². The van der Waals surface area contributed by atoms with Crippen molar-refractivity contribution in [1.82, 2.24) is 0 Å². The van der Waals surface area contributed by atoms with Gasteiger partial charge in [-0.2, -0.15) is 0 Å². The maximum atomic E-state index is 12.3. The maximum Gasteiger partial charge on any atom is 0.167 e. The predicted molar refractivity (Wildman–Crippen MR) is 80.8 cm³/mol. The summed E-state index contributed by atoms with van der Waals surface area (Å²) in [6.45, 7) is 0.969. The standard InChI is InChI=1S/C16H14BrNO/c17-14-4-2-1-3-12(14)10-16(19)13-6-5-11-7-8-18-15(11)9-13/h1-6,9,18H,7-8,10H2. The molecule has 96 valence electrons. The van der Waals surface area contributed by atoms with Gasteiger partial charge in [0.15, 0.2) is 5.78 Å². The molecule has 0 aliphatic carbocycles. The first kappa shape index (κ1) is 12.4. The molecule has 1 N–H and O–H groups in total. The molecule has 1 aliphatic heterocycles. The smallest absolute Gasteiger partial charge is 0.167 e. The van der Waals surface area contributed by atoms with E-state index in [4.69, 9.17) is 0 Å². The van der Waals surface area contributed by atoms with Crippen LogP contribution >= 0.6 is 15.9 Å². The SMILES string of the molecule is O=C(Cc1ccccc1Br)c1ccc2c(c1)NCC2. The van der Waals surface area contributed by atoms with Crippen LogP contribution in [0.5, 0.6) is 0 Å². The first-order chi connectivity index (χ1) is 9.24. The van der Waals surface area contributed by atoms with Gasteiger partial charge in [0.1, 0.15) is 0 Å². The summed E-state index contributed by atoms with van der Waals surface area (Å²) >= 11 is 3.48. The van der Waals surface area contributed by atoms with Gasteiger partial charge in [0.2, 0.25) is 0 Å². The molecule has 3 rings (SSSR count). The Kier molecular flexibility index (Phi) is 3.38. The molecule has 0 amide bonds. The molecule has 2 aromatic carbocycles. The number of hydrogen-bond acceptors (Lipinski definition) is 2. The van der Waals surface area contributed by atoms with E-state index in [1.54, 1.807) is 0 Å². The van der Waals surface area contributed by atoms with Crippen LogP contribution in [-0.4, -0.2) is 12.3 Å². The number of halogens is 1. The van der Waals surface area contributed by atoms with Gasteiger partial charge in [0.05, 0.1) is 0 Å². The van der Waals surface area contributed by atoms with Gasteiger partial charge < -0.3 is 5.32 Å². The van der Waals surface area contributed by atoms with Gasteiger partial charge in [0.25, 0.3) is 0 Å². The summed E-state index contributed by atoms with van der Waals surface area (Å²) in [6, 6.07) is 13.8. The number of anilines is 1. The van der Waals surface area contributed by atoms with Crippen molar-refractivity contribution >= 4 is 27.4 Å². The number of nitrogens with one attached hydrogen (secondary N) is 1. The van der Waals surface area contributed by atoms with Gasteiger partial charge in [-0.25, -0.2) is 0 Å². The first-order valence-electron chi connectivity index (χ1n) is 6.37. The van der Waals surface area contributed by atoms with Crippen LogP contribution < -0.4 is 5.32 Å². The van der Waals surface area contributed by atoms with E-state index in [-0.39, 0.29) is 5.78 Å². The molecule has 0 saturated carbocycles. The second kappa shape index (κ2) is 5.17. The highest BCUT2D eigenvalue weighted by Gasteiger charge is 2.14. The van der Waals surface area contributed by atoms with E-state index in [0.717, 1.165) is 34.3 Å². The molecule has 0 fully saturated rings. The highest BCUT2D eigenvalue weighted by Crippen LogP contribution is 2.24. The van der Waals surface area contributed by atoms with Crippen LogP contribution in [0.4, 0.5) is 5.69 Å². The summed E-state index contributed by atoms with van der Waals surface area (Å²) < 4.78 is 0.989. The van der Waals surface area contributed by atoms with Gasteiger partial charge >= 0.3 is 0 Å². The number of carbonyl (C=O) groups excluding carboxylic acids is 1. The van der Waals surface area contributed by atoms with Crippen LogP contribution in [0.3, 0.4) is 0 Å². The minimum absolute atomic E-state index is 0.156. The molecule has 0 saturated heterocycles. The van der Waals surface area contributed by atoms with Gasteiger partial charge in [0, 0.05) is 28.7 Å². The molecule has 19 heavy (non-hydrogen) atoms. The third kappa shape index (κ3) is 2.56. The maximum absolute atomic E-state index is 12.3. The molecule has 0 aromatic heterocycles. The predicted octanol–water partition coefficient (Wildman–Crippen LogP) is 3.84. The summed E-state index contributed by atoms with van der Waals surface area (Å²) in [6.07, 6.45) is 1.48. The zero-order chi connectivity index (χ0) is 13.2. The summed E-state index contributed by atoms with van der Waals surface area (Å²) in [5, 5.41) is 3.31. The van der Waals surface area contributed by atoms with Crippen molar-refractivity contribution in [1.29, 1.82) is 0 Å². The van der Waals surface area contributed by atoms with E-state index in [9.17, 15) is 4.79 Å². The van der Waals surface area contributed by atoms with E-state index >= 15 is 0 Å². The van der Waals surface area contributed by atoms with Gasteiger partial charge in [-0.15, -0.1) is 0 Å². The number of hydrogen-bond donors (Lipinski definition) is 1. The van der Waals surface area contributed by atoms with E-state index in [1.165, 1.54) is 5.56 Å². The Bertz CT molecular complexity index is 636. The molecule has 0 spiro atoms. The lowest BCUT2D eigenvalue weighted by Crippen LogP contribution is -2.04. The second-order valence-corrected chi connectivity index (χ2v) is 5.59. The number of fused-ring (bicyclic) bond motifs is 1. The Labute approximate surface area is 121 Å². The molecule has 2 aromatic rings. The van der Waals surface area contributed by atoms with Crippen LogP contribution in [0.1, 0.15) is 21.5 Å². The van der Waals surface area contributed by atoms with Crippen molar-refractivity contribution < 1.29 is 4.79 Å². The van der Waals surface area contributed by atoms with Gasteiger partial charge in [-0.1, -0.05) is 46.3 Å². The van der Waals surface area contributed by atoms with E-state index in [0.29, 0.717) is 6.42 Å². The van der Waals surface area contributed by atoms with Crippen LogP contribution in [0.25, 0.3) is 0 Å². The van der Waals surface area contributed by atoms with Gasteiger partial charge in [-0.05, 0) is 29.7 Å². The zero-order valence-electron chi connectivity index (χ0n) is 10.4. The fourth-order valence-electron chi connectivity index (χ4n) is 2.38. The third-order valence-electron chi connectivity index (χ3n) is 3.45. The fourth-order valence-corrected chi connectivity index (χ4v) is 2.81. The average Bonchev–Trinajstić information content (AvgIpc) is 2.88. The lowest BCUT2D eigenvalue weighted by Gasteiger charge is -2.06. The van der Waals surface area contributed by atoms with Crippen LogP contribution in [0, 0.1) is 0 Å². The topological polar surface area (TPSA) is 29.1 Å². The number of carbonyl (C=O) groups is 1. The molecule has 1 heterocycles. The van der Waals surface area contributed by atoms with Crippen molar-refractivity contribution in [2.24, 2.45) is 0 Å². The zero-order valence-corrected chi connectivity index (χ0v) is 12.0. The van der Waals surface area contributed by atoms with Gasteiger partial charge in [-0.3, -0.25) is 4.79 Å². The Morgan fingerprint density at radius 3 is 2.89 bits per heavy atom. The minimum atomic E-state index is 0.156. The lowest BCUT2D eigenvalue weighted by atomic mass is 10.0. The molecular weight excluding hydrogens is 302 g/mol. The highest BCUT2D eigenvalue weighted by molar-refractivity contribution is 9.10. The van der Waals surface area contributed by atoms with Crippen molar-refractivity contribution in [2.75, 3.05) is 11.9 Å². The third-order valence-corrected chi connectivity index (χ3v) is 4.22. The average molecular weight is 316 g/mol. The summed E-state index contributed by atoms with van der Waals surface area (Å²) in [7, 11) is 0. The molecule has 0 atom stereocenters. The van der Waals surface area contributed by atoms with E-state index < -0.39 is 0 Å². The monoisotopic (exact) mass is 315 g/mol. The normalized spacial score (nSPS) is 12.9. The van der Waals surface area contributed by atoms with Crippen molar-refractivity contribution in [3.05, 3.63) is 63.6 Å². The molecule has 3 heteroatoms. The van der Waals surface area contributed by atoms with Crippen molar-refractivity contribution in [3.8, 4) is 0 Å². The number of Topliss-reactive ketones (excluding diaryl/α,β-unsaturated/α-hetero) is 1. The summed E-state index contributed by atoms with van der Waals surface area (Å²) in [4.78, 5) is 12.3. The van der Waals surface area contributed by atoms with Crippen LogP contribution in [0.15, 0.2) is 46.9 Å². The fraction of sp³-hybridized carbons (Fsp3) is 0.188. The Balaban J connectivity index is 1.83. The highest BCUT2D eigenvalue weighted by atomic mass is 79.9. The molecule has 0 unspecified atom stereocenters. The Morgan fingerprint density at radius 2 is 2.05 bits per heavy atom. The van der Waals surface area contributed by atoms with E-state index in [2.05, 4.69) is 27.3 Å². The number of rotatable bonds is 3. The van der Waals surface area contributed by atoms with Crippen LogP contribution in [-0.2, 0) is 12.8 Å². The first-order valence-corrected chi connectivity index (χ1v) is 7.17. The molecule has 0 radical (unpaired) electrons.